The first kappa shape index (κ1) is 17.5. The highest BCUT2D eigenvalue weighted by atomic mass is 16.4. The molecule has 0 saturated heterocycles. The van der Waals surface area contributed by atoms with Crippen molar-refractivity contribution in [1.82, 2.24) is 0 Å². The normalized spacial score (nSPS) is 10.7. The van der Waals surface area contributed by atoms with E-state index in [1.807, 2.05) is 12.1 Å². The molecule has 0 aliphatic carbocycles. The van der Waals surface area contributed by atoms with Crippen LogP contribution in [0.4, 0.5) is 5.88 Å². The Morgan fingerprint density at radius 3 is 2.12 bits per heavy atom. The predicted octanol–water partition coefficient (Wildman–Crippen LogP) is 3.27. The average molecular weight is 328 g/mol. The smallest absolute Gasteiger partial charge is 0.257 e. The van der Waals surface area contributed by atoms with Crippen LogP contribution in [0.25, 0.3) is 0 Å². The monoisotopic (exact) mass is 328 g/mol. The van der Waals surface area contributed by atoms with Gasteiger partial charge >= 0.3 is 0 Å². The fraction of sp³-hybridized carbons (Fsp3) is 0.278. The summed E-state index contributed by atoms with van der Waals surface area (Å²) in [5, 5.41) is 2.51. The molecule has 0 spiro atoms. The van der Waals surface area contributed by atoms with Crippen molar-refractivity contribution in [3.63, 3.8) is 0 Å². The Hall–Kier alpha value is -2.89. The first-order valence-electron chi connectivity index (χ1n) is 7.57. The number of benzene rings is 1. The van der Waals surface area contributed by atoms with Gasteiger partial charge in [-0.3, -0.25) is 19.7 Å². The van der Waals surface area contributed by atoms with Gasteiger partial charge in [-0.05, 0) is 37.5 Å². The quantitative estimate of drug-likeness (QED) is 0.822. The number of ketones is 1. The van der Waals surface area contributed by atoms with Crippen molar-refractivity contribution >= 4 is 23.5 Å². The van der Waals surface area contributed by atoms with Gasteiger partial charge < -0.3 is 10.2 Å². The maximum absolute atomic E-state index is 12.4. The van der Waals surface area contributed by atoms with Crippen molar-refractivity contribution in [2.75, 3.05) is 5.32 Å². The first-order chi connectivity index (χ1) is 11.2. The summed E-state index contributed by atoms with van der Waals surface area (Å²) in [7, 11) is 0. The van der Waals surface area contributed by atoms with Gasteiger partial charge in [-0.1, -0.05) is 26.0 Å². The maximum Gasteiger partial charge on any atom is 0.257 e. The topological polar surface area (TPSA) is 102 Å². The van der Waals surface area contributed by atoms with E-state index in [1.165, 1.54) is 13.8 Å². The lowest BCUT2D eigenvalue weighted by Crippen LogP contribution is -2.19. The van der Waals surface area contributed by atoms with E-state index in [0.717, 1.165) is 5.56 Å². The maximum atomic E-state index is 12.4. The number of hydrogen-bond donors (Lipinski definition) is 2. The minimum atomic E-state index is -0.831. The summed E-state index contributed by atoms with van der Waals surface area (Å²) < 4.78 is 5.37. The Kier molecular flexibility index (Phi) is 4.87. The third-order valence-electron chi connectivity index (χ3n) is 3.75. The minimum Gasteiger partial charge on any atom is -0.444 e. The van der Waals surface area contributed by atoms with Crippen LogP contribution in [0, 0.1) is 6.92 Å². The van der Waals surface area contributed by atoms with Crippen molar-refractivity contribution in [2.45, 2.75) is 33.6 Å². The number of Topliss-reactive ketones (excluding diaryl/α,β-unsaturated/α-hetero) is 1. The molecule has 0 atom stereocenters. The Bertz CT molecular complexity index is 801. The second-order valence-electron chi connectivity index (χ2n) is 5.89. The zero-order valence-corrected chi connectivity index (χ0v) is 14.1. The summed E-state index contributed by atoms with van der Waals surface area (Å²) in [6.07, 6.45) is 0. The molecule has 1 aromatic carbocycles. The molecule has 1 heterocycles. The lowest BCUT2D eigenvalue weighted by Gasteiger charge is -2.07. The van der Waals surface area contributed by atoms with Gasteiger partial charge in [0.1, 0.15) is 11.3 Å². The largest absolute Gasteiger partial charge is 0.444 e. The number of furan rings is 1. The van der Waals surface area contributed by atoms with Crippen LogP contribution < -0.4 is 11.1 Å². The molecule has 0 bridgehead atoms. The van der Waals surface area contributed by atoms with E-state index in [9.17, 15) is 14.4 Å². The van der Waals surface area contributed by atoms with Gasteiger partial charge in [0.05, 0.1) is 5.56 Å². The number of nitrogens with one attached hydrogen (secondary N) is 1. The number of carbonyl (C=O) groups is 3. The zero-order chi connectivity index (χ0) is 18.0. The molecule has 24 heavy (non-hydrogen) atoms. The summed E-state index contributed by atoms with van der Waals surface area (Å²) in [5.41, 5.74) is 6.84. The Balaban J connectivity index is 2.34. The van der Waals surface area contributed by atoms with Gasteiger partial charge in [-0.2, -0.15) is 0 Å². The van der Waals surface area contributed by atoms with E-state index in [4.69, 9.17) is 10.2 Å². The van der Waals surface area contributed by atoms with Crippen LogP contribution in [-0.2, 0) is 0 Å². The molecular weight excluding hydrogens is 308 g/mol. The average Bonchev–Trinajstić information content (AvgIpc) is 2.83. The molecule has 6 nitrogen and oxygen atoms in total. The molecule has 1 aromatic heterocycles. The van der Waals surface area contributed by atoms with Crippen molar-refractivity contribution in [2.24, 2.45) is 5.73 Å². The number of aryl methyl sites for hydroxylation is 1. The predicted molar refractivity (Wildman–Crippen MR) is 90.5 cm³/mol. The third kappa shape index (κ3) is 3.37. The van der Waals surface area contributed by atoms with Crippen LogP contribution in [0.2, 0.25) is 0 Å². The van der Waals surface area contributed by atoms with Gasteiger partial charge in [0.2, 0.25) is 5.88 Å². The fourth-order valence-electron chi connectivity index (χ4n) is 2.49. The Labute approximate surface area is 140 Å². The molecule has 2 amide bonds. The molecule has 2 aromatic rings. The molecule has 126 valence electrons. The lowest BCUT2D eigenvalue weighted by molar-refractivity contribution is 0.0974. The van der Waals surface area contributed by atoms with Crippen LogP contribution in [0.5, 0.6) is 0 Å². The molecule has 0 saturated carbocycles. The van der Waals surface area contributed by atoms with E-state index in [1.54, 1.807) is 12.1 Å². The van der Waals surface area contributed by atoms with E-state index in [2.05, 4.69) is 19.2 Å². The summed E-state index contributed by atoms with van der Waals surface area (Å²) in [6, 6.07) is 7.11. The van der Waals surface area contributed by atoms with Crippen molar-refractivity contribution in [1.29, 1.82) is 0 Å². The molecule has 0 unspecified atom stereocenters. The third-order valence-corrected chi connectivity index (χ3v) is 3.75. The van der Waals surface area contributed by atoms with E-state index in [-0.39, 0.29) is 28.6 Å². The van der Waals surface area contributed by atoms with E-state index >= 15 is 0 Å². The summed E-state index contributed by atoms with van der Waals surface area (Å²) in [6.45, 7) is 6.96. The molecular formula is C18H20N2O4. The summed E-state index contributed by atoms with van der Waals surface area (Å²) in [5.74, 6) is -1.15. The fourth-order valence-corrected chi connectivity index (χ4v) is 2.49. The molecule has 3 N–H and O–H groups in total. The van der Waals surface area contributed by atoms with E-state index in [0.29, 0.717) is 11.5 Å². The van der Waals surface area contributed by atoms with Crippen LogP contribution in [0.15, 0.2) is 28.7 Å². The van der Waals surface area contributed by atoms with Crippen LogP contribution in [-0.4, -0.2) is 17.6 Å². The number of hydrogen-bond acceptors (Lipinski definition) is 4. The van der Waals surface area contributed by atoms with Crippen molar-refractivity contribution in [3.8, 4) is 0 Å². The standard InChI is InChI=1S/C18H20N2O4/c1-9(2)12-5-7-13(8-6-12)17(23)20-18-15(16(19)22)14(10(3)21)11(4)24-18/h5-9H,1-4H3,(H2,19,22)(H,20,23). The second kappa shape index (κ2) is 6.70. The van der Waals surface area contributed by atoms with Crippen molar-refractivity contribution < 1.29 is 18.8 Å². The SMILES string of the molecule is CC(=O)c1c(C)oc(NC(=O)c2ccc(C(C)C)cc2)c1C(N)=O. The number of carbonyl (C=O) groups excluding carboxylic acids is 3. The van der Waals surface area contributed by atoms with Crippen LogP contribution >= 0.6 is 0 Å². The highest BCUT2D eigenvalue weighted by Crippen LogP contribution is 2.27. The van der Waals surface area contributed by atoms with Gasteiger partial charge in [0.15, 0.2) is 5.78 Å². The Morgan fingerprint density at radius 1 is 1.08 bits per heavy atom. The number of nitrogens with two attached hydrogens (primary N) is 1. The first-order valence-corrected chi connectivity index (χ1v) is 7.57. The number of primary amides is 1. The molecule has 0 aliphatic heterocycles. The van der Waals surface area contributed by atoms with Crippen molar-refractivity contribution in [3.05, 3.63) is 52.3 Å². The van der Waals surface area contributed by atoms with Gasteiger partial charge in [0, 0.05) is 5.56 Å². The van der Waals surface area contributed by atoms with Crippen LogP contribution in [0.1, 0.15) is 69.1 Å². The lowest BCUT2D eigenvalue weighted by atomic mass is 10.0. The van der Waals surface area contributed by atoms with Gasteiger partial charge in [-0.25, -0.2) is 0 Å². The summed E-state index contributed by atoms with van der Waals surface area (Å²) >= 11 is 0. The van der Waals surface area contributed by atoms with E-state index < -0.39 is 11.8 Å². The number of anilines is 1. The second-order valence-corrected chi connectivity index (χ2v) is 5.89. The molecule has 0 aliphatic rings. The van der Waals surface area contributed by atoms with Crippen LogP contribution in [0.3, 0.4) is 0 Å². The minimum absolute atomic E-state index is 0.0907. The highest BCUT2D eigenvalue weighted by Gasteiger charge is 2.26. The molecule has 0 radical (unpaired) electrons. The highest BCUT2D eigenvalue weighted by molar-refractivity contribution is 6.13. The van der Waals surface area contributed by atoms with Gasteiger partial charge in [-0.15, -0.1) is 0 Å². The number of rotatable bonds is 5. The van der Waals surface area contributed by atoms with Gasteiger partial charge in [0.25, 0.3) is 11.8 Å². The Morgan fingerprint density at radius 2 is 1.67 bits per heavy atom. The molecule has 2 rings (SSSR count). The zero-order valence-electron chi connectivity index (χ0n) is 14.1. The summed E-state index contributed by atoms with van der Waals surface area (Å²) in [4.78, 5) is 35.7. The molecule has 0 fully saturated rings. The number of amides is 2. The molecule has 6 heteroatoms.